The molecule has 0 unspecified atom stereocenters. The Morgan fingerprint density at radius 2 is 1.68 bits per heavy atom. The molecule has 3 aromatic rings. The maximum atomic E-state index is 14.1. The third kappa shape index (κ3) is 3.56. The molecule has 1 atom stereocenters. The number of amides is 3. The fraction of sp³-hybridized carbons (Fsp3) is 0.222. The summed E-state index contributed by atoms with van der Waals surface area (Å²) in [4.78, 5) is 42.1. The lowest BCUT2D eigenvalue weighted by atomic mass is 10.0. The summed E-state index contributed by atoms with van der Waals surface area (Å²) in [5, 5.41) is 2.89. The molecule has 0 saturated carbocycles. The number of hydrogen-bond acceptors (Lipinski definition) is 4. The van der Waals surface area contributed by atoms with Crippen LogP contribution in [0.4, 0.5) is 17.1 Å². The number of carbonyl (C=O) groups excluding carboxylic acids is 3. The summed E-state index contributed by atoms with van der Waals surface area (Å²) in [6.07, 6.45) is 0. The van der Waals surface area contributed by atoms with E-state index in [4.69, 9.17) is 0 Å². The van der Waals surface area contributed by atoms with Crippen LogP contribution in [0.5, 0.6) is 0 Å². The van der Waals surface area contributed by atoms with Crippen molar-refractivity contribution in [2.24, 2.45) is 0 Å². The maximum Gasteiger partial charge on any atom is 0.269 e. The summed E-state index contributed by atoms with van der Waals surface area (Å²) < 4.78 is 0. The zero-order valence-electron chi connectivity index (χ0n) is 19.3. The Balaban J connectivity index is 1.53. The lowest BCUT2D eigenvalue weighted by molar-refractivity contribution is -0.124. The largest absolute Gasteiger partial charge is 0.325 e. The molecule has 2 aliphatic heterocycles. The van der Waals surface area contributed by atoms with Crippen LogP contribution < -0.4 is 15.1 Å². The second kappa shape index (κ2) is 8.33. The lowest BCUT2D eigenvalue weighted by Crippen LogP contribution is -2.51. The normalized spacial score (nSPS) is 19.1. The topological polar surface area (TPSA) is 69.7 Å². The molecule has 0 radical (unpaired) electrons. The van der Waals surface area contributed by atoms with E-state index < -0.39 is 4.87 Å². The molecule has 2 heterocycles. The molecular formula is C27H25N3O3S. The zero-order chi connectivity index (χ0) is 24.0. The minimum atomic E-state index is -1.22. The van der Waals surface area contributed by atoms with E-state index in [2.05, 4.69) is 5.32 Å². The summed E-state index contributed by atoms with van der Waals surface area (Å²) in [6, 6.07) is 20.9. The molecule has 2 aliphatic rings. The number of nitrogens with one attached hydrogen (secondary N) is 1. The Bertz CT molecular complexity index is 1320. The van der Waals surface area contributed by atoms with Crippen molar-refractivity contribution in [2.45, 2.75) is 25.6 Å². The molecular weight excluding hydrogens is 446 g/mol. The first-order valence-corrected chi connectivity index (χ1v) is 12.1. The van der Waals surface area contributed by atoms with Crippen LogP contribution in [-0.4, -0.2) is 30.0 Å². The van der Waals surface area contributed by atoms with Crippen molar-refractivity contribution >= 4 is 46.5 Å². The fourth-order valence-electron chi connectivity index (χ4n) is 4.86. The van der Waals surface area contributed by atoms with E-state index in [1.165, 1.54) is 16.7 Å². The van der Waals surface area contributed by atoms with Crippen molar-refractivity contribution in [1.29, 1.82) is 0 Å². The summed E-state index contributed by atoms with van der Waals surface area (Å²) in [5.74, 6) is -0.499. The van der Waals surface area contributed by atoms with Crippen LogP contribution in [0.15, 0.2) is 66.7 Å². The molecule has 0 aliphatic carbocycles. The summed E-state index contributed by atoms with van der Waals surface area (Å²) in [7, 11) is 0. The predicted octanol–water partition coefficient (Wildman–Crippen LogP) is 4.53. The fourth-order valence-corrected chi connectivity index (χ4v) is 6.22. The first-order valence-electron chi connectivity index (χ1n) is 11.1. The van der Waals surface area contributed by atoms with E-state index in [9.17, 15) is 14.4 Å². The van der Waals surface area contributed by atoms with Crippen LogP contribution in [0, 0.1) is 20.8 Å². The highest BCUT2D eigenvalue weighted by atomic mass is 32.2. The minimum absolute atomic E-state index is 0.121. The number of anilines is 3. The quantitative estimate of drug-likeness (QED) is 0.607. The smallest absolute Gasteiger partial charge is 0.269 e. The number of carbonyl (C=O) groups is 3. The lowest BCUT2D eigenvalue weighted by Gasteiger charge is -2.33. The van der Waals surface area contributed by atoms with E-state index >= 15 is 0 Å². The van der Waals surface area contributed by atoms with Crippen LogP contribution in [0.25, 0.3) is 0 Å². The molecule has 1 N–H and O–H groups in total. The molecule has 1 saturated heterocycles. The predicted molar refractivity (Wildman–Crippen MR) is 136 cm³/mol. The number of fused-ring (bicyclic) bond motifs is 2. The van der Waals surface area contributed by atoms with E-state index in [1.54, 1.807) is 4.90 Å². The van der Waals surface area contributed by atoms with Crippen LogP contribution in [0.3, 0.4) is 0 Å². The third-order valence-electron chi connectivity index (χ3n) is 6.13. The van der Waals surface area contributed by atoms with Crippen molar-refractivity contribution in [3.8, 4) is 0 Å². The third-order valence-corrected chi connectivity index (χ3v) is 7.52. The van der Waals surface area contributed by atoms with Gasteiger partial charge in [-0.05, 0) is 67.8 Å². The first kappa shape index (κ1) is 22.2. The molecule has 6 nitrogen and oxygen atoms in total. The Hall–Kier alpha value is -3.58. The highest BCUT2D eigenvalue weighted by Gasteiger charge is 2.61. The molecule has 5 rings (SSSR count). The van der Waals surface area contributed by atoms with Gasteiger partial charge >= 0.3 is 0 Å². The highest BCUT2D eigenvalue weighted by Crippen LogP contribution is 2.55. The van der Waals surface area contributed by atoms with Crippen LogP contribution in [0.2, 0.25) is 0 Å². The van der Waals surface area contributed by atoms with Gasteiger partial charge in [-0.1, -0.05) is 36.4 Å². The zero-order valence-corrected chi connectivity index (χ0v) is 20.1. The van der Waals surface area contributed by atoms with Crippen LogP contribution >= 0.6 is 11.8 Å². The minimum Gasteiger partial charge on any atom is -0.325 e. The van der Waals surface area contributed by atoms with E-state index in [0.29, 0.717) is 17.1 Å². The molecule has 1 fully saturated rings. The van der Waals surface area contributed by atoms with Gasteiger partial charge in [0, 0.05) is 16.9 Å². The van der Waals surface area contributed by atoms with Crippen molar-refractivity contribution in [1.82, 2.24) is 0 Å². The Labute approximate surface area is 202 Å². The molecule has 3 aromatic carbocycles. The Morgan fingerprint density at radius 3 is 2.41 bits per heavy atom. The molecule has 7 heteroatoms. The summed E-state index contributed by atoms with van der Waals surface area (Å²) in [6.45, 7) is 5.77. The average molecular weight is 472 g/mol. The van der Waals surface area contributed by atoms with Gasteiger partial charge in [-0.3, -0.25) is 24.2 Å². The van der Waals surface area contributed by atoms with Gasteiger partial charge in [0.2, 0.25) is 16.7 Å². The van der Waals surface area contributed by atoms with Crippen molar-refractivity contribution in [3.05, 3.63) is 89.0 Å². The van der Waals surface area contributed by atoms with Gasteiger partial charge in [-0.25, -0.2) is 0 Å². The van der Waals surface area contributed by atoms with Gasteiger partial charge < -0.3 is 5.32 Å². The monoisotopic (exact) mass is 471 g/mol. The second-order valence-electron chi connectivity index (χ2n) is 8.83. The highest BCUT2D eigenvalue weighted by molar-refractivity contribution is 8.02. The molecule has 172 valence electrons. The SMILES string of the molecule is Cc1cccc(NC(=O)CN2C(=O)[C@@]3(SCC(=O)N3c3cc(C)cc(C)c3)c3ccccc32)c1. The van der Waals surface area contributed by atoms with Gasteiger partial charge in [-0.2, -0.15) is 0 Å². The number of para-hydroxylation sites is 1. The molecule has 0 aromatic heterocycles. The van der Waals surface area contributed by atoms with E-state index in [0.717, 1.165) is 22.3 Å². The summed E-state index contributed by atoms with van der Waals surface area (Å²) in [5.41, 5.74) is 5.83. The summed E-state index contributed by atoms with van der Waals surface area (Å²) >= 11 is 1.32. The van der Waals surface area contributed by atoms with Gasteiger partial charge in [0.1, 0.15) is 6.54 Å². The molecule has 0 bridgehead atoms. The maximum absolute atomic E-state index is 14.1. The van der Waals surface area contributed by atoms with Crippen molar-refractivity contribution < 1.29 is 14.4 Å². The Morgan fingerprint density at radius 1 is 0.941 bits per heavy atom. The van der Waals surface area contributed by atoms with Crippen LogP contribution in [0.1, 0.15) is 22.3 Å². The van der Waals surface area contributed by atoms with Crippen molar-refractivity contribution in [2.75, 3.05) is 27.4 Å². The standard InChI is InChI=1S/C27H25N3O3S/c1-17-7-6-8-20(12-17)28-24(31)15-29-23-10-5-4-9-22(23)27(26(29)33)30(25(32)16-34-27)21-13-18(2)11-19(3)14-21/h4-14H,15-16H2,1-3H3,(H,28,31)/t27-/m0/s1. The van der Waals surface area contributed by atoms with Gasteiger partial charge in [0.25, 0.3) is 5.91 Å². The molecule has 3 amide bonds. The average Bonchev–Trinajstić information content (AvgIpc) is 3.24. The van der Waals surface area contributed by atoms with E-state index in [-0.39, 0.29) is 30.0 Å². The Kier molecular flexibility index (Phi) is 5.44. The number of thioether (sulfide) groups is 1. The van der Waals surface area contributed by atoms with Crippen molar-refractivity contribution in [3.63, 3.8) is 0 Å². The molecule has 34 heavy (non-hydrogen) atoms. The second-order valence-corrected chi connectivity index (χ2v) is 10.0. The molecule has 1 spiro atoms. The van der Waals surface area contributed by atoms with E-state index in [1.807, 2.05) is 87.5 Å². The number of nitrogens with zero attached hydrogens (tertiary/aromatic N) is 2. The van der Waals surface area contributed by atoms with Gasteiger partial charge in [0.15, 0.2) is 0 Å². The number of hydrogen-bond donors (Lipinski definition) is 1. The number of rotatable bonds is 4. The number of benzene rings is 3. The van der Waals surface area contributed by atoms with Crippen LogP contribution in [-0.2, 0) is 19.3 Å². The van der Waals surface area contributed by atoms with Gasteiger partial charge in [0.05, 0.1) is 11.4 Å². The van der Waals surface area contributed by atoms with Gasteiger partial charge in [-0.15, -0.1) is 11.8 Å². The number of aryl methyl sites for hydroxylation is 3. The first-order chi connectivity index (χ1) is 16.3.